The van der Waals surface area contributed by atoms with Gasteiger partial charge in [-0.3, -0.25) is 0 Å². The van der Waals surface area contributed by atoms with Crippen molar-refractivity contribution in [2.75, 3.05) is 0 Å². The van der Waals surface area contributed by atoms with Gasteiger partial charge >= 0.3 is 0 Å². The van der Waals surface area contributed by atoms with Crippen molar-refractivity contribution in [3.05, 3.63) is 28.0 Å². The maximum atomic E-state index is 6.16. The maximum absolute atomic E-state index is 6.16. The summed E-state index contributed by atoms with van der Waals surface area (Å²) < 4.78 is 8.16. The molecule has 2 saturated heterocycles. The molecule has 3 nitrogen and oxygen atoms in total. The van der Waals surface area contributed by atoms with Crippen LogP contribution in [0, 0.1) is 0 Å². The molecule has 2 aliphatic heterocycles. The molecule has 2 fully saturated rings. The van der Waals surface area contributed by atoms with Crippen molar-refractivity contribution in [1.82, 2.24) is 9.55 Å². The fraction of sp³-hybridized carbons (Fsp3) is 0.500. The molecule has 106 valence electrons. The average molecular weight is 332 g/mol. The summed E-state index contributed by atoms with van der Waals surface area (Å²) in [7, 11) is 0. The number of halogens is 3. The summed E-state index contributed by atoms with van der Waals surface area (Å²) in [6, 6.07) is 4.00. The van der Waals surface area contributed by atoms with E-state index in [1.807, 2.05) is 6.07 Å². The van der Waals surface area contributed by atoms with Gasteiger partial charge in [-0.1, -0.05) is 23.2 Å². The number of hydrogen-bond donors (Lipinski definition) is 0. The Labute approximate surface area is 131 Å². The van der Waals surface area contributed by atoms with Gasteiger partial charge in [-0.05, 0) is 31.4 Å². The number of aromatic nitrogens is 2. The van der Waals surface area contributed by atoms with Crippen molar-refractivity contribution in [3.63, 3.8) is 0 Å². The van der Waals surface area contributed by atoms with E-state index in [2.05, 4.69) is 9.55 Å². The highest BCUT2D eigenvalue weighted by molar-refractivity contribution is 6.42. The third-order valence-corrected chi connectivity index (χ3v) is 5.29. The molecule has 2 bridgehead atoms. The summed E-state index contributed by atoms with van der Waals surface area (Å²) in [6.45, 7) is 0. The summed E-state index contributed by atoms with van der Waals surface area (Å²) in [6.07, 6.45) is 3.96. The zero-order valence-corrected chi connectivity index (χ0v) is 12.9. The van der Waals surface area contributed by atoms with Crippen LogP contribution in [0.3, 0.4) is 0 Å². The smallest absolute Gasteiger partial charge is 0.125 e. The van der Waals surface area contributed by atoms with Crippen LogP contribution < -0.4 is 0 Å². The van der Waals surface area contributed by atoms with E-state index in [1.54, 1.807) is 6.07 Å². The monoisotopic (exact) mass is 330 g/mol. The number of hydrogen-bond acceptors (Lipinski definition) is 2. The number of rotatable bonds is 2. The average Bonchev–Trinajstić information content (AvgIpc) is 3.12. The molecule has 20 heavy (non-hydrogen) atoms. The van der Waals surface area contributed by atoms with Crippen molar-refractivity contribution >= 4 is 45.8 Å². The molecule has 0 radical (unpaired) electrons. The predicted molar refractivity (Wildman–Crippen MR) is 80.9 cm³/mol. The van der Waals surface area contributed by atoms with Crippen LogP contribution in [0.5, 0.6) is 0 Å². The van der Waals surface area contributed by atoms with Crippen molar-refractivity contribution in [1.29, 1.82) is 0 Å². The van der Waals surface area contributed by atoms with Crippen LogP contribution in [-0.2, 0) is 10.6 Å². The first-order valence-electron chi connectivity index (χ1n) is 6.74. The second-order valence-corrected chi connectivity index (χ2v) is 6.55. The number of nitrogens with zero attached hydrogens (tertiary/aromatic N) is 2. The second kappa shape index (κ2) is 4.77. The van der Waals surface area contributed by atoms with Gasteiger partial charge in [-0.2, -0.15) is 0 Å². The van der Waals surface area contributed by atoms with Gasteiger partial charge in [0, 0.05) is 0 Å². The molecule has 0 N–H and O–H groups in total. The third-order valence-electron chi connectivity index (χ3n) is 4.33. The highest BCUT2D eigenvalue weighted by Crippen LogP contribution is 2.44. The van der Waals surface area contributed by atoms with Crippen LogP contribution in [0.15, 0.2) is 12.1 Å². The quantitative estimate of drug-likeness (QED) is 0.753. The molecule has 0 saturated carbocycles. The number of fused-ring (bicyclic) bond motifs is 3. The lowest BCUT2D eigenvalue weighted by Crippen LogP contribution is -2.22. The number of alkyl halides is 1. The molecule has 1 aromatic carbocycles. The van der Waals surface area contributed by atoms with E-state index >= 15 is 0 Å². The largest absolute Gasteiger partial charge is 0.373 e. The Morgan fingerprint density at radius 2 is 2.05 bits per heavy atom. The van der Waals surface area contributed by atoms with E-state index in [-0.39, 0.29) is 6.10 Å². The molecular weight excluding hydrogens is 319 g/mol. The van der Waals surface area contributed by atoms with Gasteiger partial charge in [0.1, 0.15) is 5.82 Å². The maximum Gasteiger partial charge on any atom is 0.125 e. The zero-order valence-electron chi connectivity index (χ0n) is 10.7. The first-order valence-corrected chi connectivity index (χ1v) is 8.03. The summed E-state index contributed by atoms with van der Waals surface area (Å²) in [5.41, 5.74) is 1.84. The van der Waals surface area contributed by atoms with E-state index in [0.29, 0.717) is 28.1 Å². The third kappa shape index (κ3) is 1.87. The van der Waals surface area contributed by atoms with Crippen molar-refractivity contribution in [2.45, 2.75) is 43.4 Å². The minimum atomic E-state index is 0.272. The van der Waals surface area contributed by atoms with Gasteiger partial charge in [-0.25, -0.2) is 4.98 Å². The summed E-state index contributed by atoms with van der Waals surface area (Å²) in [5.74, 6) is 1.23. The summed E-state index contributed by atoms with van der Waals surface area (Å²) >= 11 is 18.3. The van der Waals surface area contributed by atoms with Crippen LogP contribution in [0.25, 0.3) is 11.0 Å². The zero-order chi connectivity index (χ0) is 13.9. The van der Waals surface area contributed by atoms with Crippen LogP contribution in [-0.4, -0.2) is 21.8 Å². The Morgan fingerprint density at radius 3 is 2.70 bits per heavy atom. The molecule has 3 unspecified atom stereocenters. The number of ether oxygens (including phenoxy) is 1. The Bertz CT molecular complexity index is 685. The lowest BCUT2D eigenvalue weighted by molar-refractivity contribution is 0.0940. The standard InChI is InChI=1S/C14H13Cl3N2O/c15-6-14-18-10-4-8(16)9(17)5-11(10)19(14)12-3-7-1-2-13(12)20-7/h4-5,7,12-13H,1-3,6H2. The highest BCUT2D eigenvalue weighted by Gasteiger charge is 2.42. The van der Waals surface area contributed by atoms with Crippen LogP contribution in [0.1, 0.15) is 31.1 Å². The molecule has 0 spiro atoms. The molecule has 1 aromatic heterocycles. The van der Waals surface area contributed by atoms with E-state index in [1.165, 1.54) is 0 Å². The van der Waals surface area contributed by atoms with E-state index in [4.69, 9.17) is 39.5 Å². The van der Waals surface area contributed by atoms with Crippen molar-refractivity contribution < 1.29 is 4.74 Å². The van der Waals surface area contributed by atoms with Crippen LogP contribution in [0.2, 0.25) is 10.0 Å². The molecule has 0 amide bonds. The Kier molecular flexibility index (Phi) is 3.15. The molecule has 3 heterocycles. The topological polar surface area (TPSA) is 27.1 Å². The fourth-order valence-corrected chi connectivity index (χ4v) is 3.99. The lowest BCUT2D eigenvalue weighted by Gasteiger charge is -2.22. The molecular formula is C14H13Cl3N2O. The molecule has 0 aliphatic carbocycles. The van der Waals surface area contributed by atoms with Gasteiger partial charge in [0.15, 0.2) is 0 Å². The van der Waals surface area contributed by atoms with Crippen LogP contribution in [0.4, 0.5) is 0 Å². The van der Waals surface area contributed by atoms with Crippen molar-refractivity contribution in [3.8, 4) is 0 Å². The first-order chi connectivity index (χ1) is 9.67. The fourth-order valence-electron chi connectivity index (χ4n) is 3.49. The minimum Gasteiger partial charge on any atom is -0.373 e. The summed E-state index contributed by atoms with van der Waals surface area (Å²) in [4.78, 5) is 4.59. The van der Waals surface area contributed by atoms with Crippen molar-refractivity contribution in [2.24, 2.45) is 0 Å². The number of benzene rings is 1. The molecule has 6 heteroatoms. The van der Waals surface area contributed by atoms with Crippen LogP contribution >= 0.6 is 34.8 Å². The van der Waals surface area contributed by atoms with Gasteiger partial charge in [0.2, 0.25) is 0 Å². The van der Waals surface area contributed by atoms with Gasteiger partial charge in [0.25, 0.3) is 0 Å². The Morgan fingerprint density at radius 1 is 1.25 bits per heavy atom. The van der Waals surface area contributed by atoms with E-state index < -0.39 is 0 Å². The number of imidazole rings is 1. The molecule has 3 atom stereocenters. The minimum absolute atomic E-state index is 0.272. The molecule has 2 aliphatic rings. The normalized spacial score (nSPS) is 28.6. The predicted octanol–water partition coefficient (Wildman–Crippen LogP) is 4.57. The Hall–Kier alpha value is -0.480. The molecule has 4 rings (SSSR count). The van der Waals surface area contributed by atoms with Gasteiger partial charge < -0.3 is 9.30 Å². The van der Waals surface area contributed by atoms with E-state index in [9.17, 15) is 0 Å². The lowest BCUT2D eigenvalue weighted by atomic mass is 9.95. The SMILES string of the molecule is ClCc1nc2cc(Cl)c(Cl)cc2n1C1CC2CCC1O2. The van der Waals surface area contributed by atoms with Gasteiger partial charge in [0.05, 0.1) is 45.2 Å². The first kappa shape index (κ1) is 13.2. The van der Waals surface area contributed by atoms with Gasteiger partial charge in [-0.15, -0.1) is 11.6 Å². The molecule has 2 aromatic rings. The van der Waals surface area contributed by atoms with E-state index in [0.717, 1.165) is 36.1 Å². The Balaban J connectivity index is 1.90. The summed E-state index contributed by atoms with van der Waals surface area (Å²) in [5, 5.41) is 1.07. The highest BCUT2D eigenvalue weighted by atomic mass is 35.5. The second-order valence-electron chi connectivity index (χ2n) is 5.46.